The topological polar surface area (TPSA) is 72.0 Å². The lowest BCUT2D eigenvalue weighted by atomic mass is 10.2. The molecule has 0 aliphatic rings. The zero-order valence-electron chi connectivity index (χ0n) is 17.5. The van der Waals surface area contributed by atoms with Crippen molar-refractivity contribution in [3.05, 3.63) is 86.8 Å². The Labute approximate surface area is 204 Å². The van der Waals surface area contributed by atoms with Gasteiger partial charge >= 0.3 is 0 Å². The normalized spacial score (nSPS) is 10.7. The van der Waals surface area contributed by atoms with Gasteiger partial charge in [0.15, 0.2) is 11.5 Å². The van der Waals surface area contributed by atoms with E-state index in [0.29, 0.717) is 24.7 Å². The summed E-state index contributed by atoms with van der Waals surface area (Å²) in [6.07, 6.45) is 1.57. The van der Waals surface area contributed by atoms with Gasteiger partial charge in [-0.15, -0.1) is 0 Å². The van der Waals surface area contributed by atoms with Gasteiger partial charge in [0.1, 0.15) is 6.61 Å². The van der Waals surface area contributed by atoms with Gasteiger partial charge in [0.2, 0.25) is 0 Å². The van der Waals surface area contributed by atoms with Gasteiger partial charge in [0.25, 0.3) is 5.91 Å². The molecule has 0 spiro atoms. The zero-order chi connectivity index (χ0) is 22.8. The lowest BCUT2D eigenvalue weighted by Crippen LogP contribution is -2.25. The van der Waals surface area contributed by atoms with Gasteiger partial charge in [0, 0.05) is 14.6 Å². The predicted octanol–water partition coefficient (Wildman–Crippen LogP) is 5.75. The van der Waals surface area contributed by atoms with E-state index in [1.54, 1.807) is 6.21 Å². The number of halogens is 2. The Kier molecular flexibility index (Phi) is 9.13. The minimum atomic E-state index is -0.247. The van der Waals surface area contributed by atoms with Crippen LogP contribution in [0.5, 0.6) is 11.5 Å². The third kappa shape index (κ3) is 7.69. The molecule has 0 aliphatic carbocycles. The highest BCUT2D eigenvalue weighted by atomic mass is 79.9. The van der Waals surface area contributed by atoms with Gasteiger partial charge in [-0.25, -0.2) is 5.43 Å². The Hall–Kier alpha value is -2.84. The first-order valence-electron chi connectivity index (χ1n) is 9.99. The third-order valence-corrected chi connectivity index (χ3v) is 5.33. The first-order valence-corrected chi connectivity index (χ1v) is 11.6. The Balaban J connectivity index is 1.54. The highest BCUT2D eigenvalue weighted by Crippen LogP contribution is 2.29. The number of carbonyl (C=O) groups is 1. The lowest BCUT2D eigenvalue weighted by Gasteiger charge is -2.12. The van der Waals surface area contributed by atoms with Crippen molar-refractivity contribution in [2.45, 2.75) is 13.5 Å². The number of rotatable bonds is 10. The fraction of sp³-hybridized carbons (Fsp3) is 0.167. The molecule has 3 rings (SSSR count). The van der Waals surface area contributed by atoms with E-state index in [1.165, 1.54) is 0 Å². The number of nitrogens with zero attached hydrogens (tertiary/aromatic N) is 1. The monoisotopic (exact) mass is 559 g/mol. The number of benzene rings is 3. The molecule has 3 aromatic carbocycles. The number of anilines is 1. The summed E-state index contributed by atoms with van der Waals surface area (Å²) in [5, 5.41) is 7.07. The van der Waals surface area contributed by atoms with Crippen molar-refractivity contribution in [3.8, 4) is 11.5 Å². The minimum absolute atomic E-state index is 0.117. The summed E-state index contributed by atoms with van der Waals surface area (Å²) in [5.41, 5.74) is 5.21. The molecule has 166 valence electrons. The van der Waals surface area contributed by atoms with E-state index in [-0.39, 0.29) is 12.5 Å². The fourth-order valence-electron chi connectivity index (χ4n) is 2.70. The van der Waals surface area contributed by atoms with Crippen LogP contribution in [0.15, 0.2) is 80.8 Å². The van der Waals surface area contributed by atoms with Crippen molar-refractivity contribution in [3.63, 3.8) is 0 Å². The summed E-state index contributed by atoms with van der Waals surface area (Å²) in [5.74, 6) is 1.02. The molecule has 0 fully saturated rings. The van der Waals surface area contributed by atoms with Crippen LogP contribution in [0.4, 0.5) is 5.69 Å². The van der Waals surface area contributed by atoms with E-state index in [2.05, 4.69) is 47.7 Å². The largest absolute Gasteiger partial charge is 0.490 e. The molecule has 0 aliphatic heterocycles. The Morgan fingerprint density at radius 2 is 1.62 bits per heavy atom. The van der Waals surface area contributed by atoms with Crippen LogP contribution >= 0.6 is 31.9 Å². The van der Waals surface area contributed by atoms with Crippen molar-refractivity contribution in [2.24, 2.45) is 5.10 Å². The summed E-state index contributed by atoms with van der Waals surface area (Å²) < 4.78 is 13.6. The summed E-state index contributed by atoms with van der Waals surface area (Å²) >= 11 is 6.81. The molecular formula is C24H23Br2N3O3. The van der Waals surface area contributed by atoms with Crippen LogP contribution < -0.4 is 20.2 Å². The highest BCUT2D eigenvalue weighted by Gasteiger charge is 2.07. The molecule has 32 heavy (non-hydrogen) atoms. The van der Waals surface area contributed by atoms with E-state index in [4.69, 9.17) is 9.47 Å². The second-order valence-electron chi connectivity index (χ2n) is 6.71. The molecule has 3 aromatic rings. The van der Waals surface area contributed by atoms with Crippen LogP contribution in [0.3, 0.4) is 0 Å². The van der Waals surface area contributed by atoms with Crippen molar-refractivity contribution >= 4 is 49.7 Å². The smallest absolute Gasteiger partial charge is 0.259 e. The quantitative estimate of drug-likeness (QED) is 0.244. The van der Waals surface area contributed by atoms with Crippen LogP contribution in [0, 0.1) is 0 Å². The van der Waals surface area contributed by atoms with Crippen molar-refractivity contribution in [2.75, 3.05) is 18.5 Å². The first-order chi connectivity index (χ1) is 15.5. The number of hydrogen-bond donors (Lipinski definition) is 2. The van der Waals surface area contributed by atoms with Crippen molar-refractivity contribution < 1.29 is 14.3 Å². The van der Waals surface area contributed by atoms with E-state index in [0.717, 1.165) is 25.8 Å². The van der Waals surface area contributed by atoms with Crippen LogP contribution in [0.1, 0.15) is 18.1 Å². The summed E-state index contributed by atoms with van der Waals surface area (Å²) in [6.45, 7) is 2.97. The SMILES string of the molecule is CCOc1cc(/C=N\NC(=O)CNc2ccc(Br)cc2)ccc1OCc1ccc(Br)cc1. The van der Waals surface area contributed by atoms with Gasteiger partial charge in [-0.2, -0.15) is 5.10 Å². The second-order valence-corrected chi connectivity index (χ2v) is 8.54. The van der Waals surface area contributed by atoms with Gasteiger partial charge in [0.05, 0.1) is 19.4 Å². The van der Waals surface area contributed by atoms with Crippen LogP contribution in [-0.4, -0.2) is 25.3 Å². The molecule has 0 saturated heterocycles. The van der Waals surface area contributed by atoms with E-state index in [1.807, 2.05) is 73.7 Å². The maximum absolute atomic E-state index is 12.0. The van der Waals surface area contributed by atoms with Crippen LogP contribution in [-0.2, 0) is 11.4 Å². The minimum Gasteiger partial charge on any atom is -0.490 e. The standard InChI is InChI=1S/C24H23Br2N3O3/c1-2-31-23-13-18(5-12-22(23)32-16-17-3-6-19(25)7-4-17)14-28-29-24(30)15-27-21-10-8-20(26)9-11-21/h3-14,27H,2,15-16H2,1H3,(H,29,30)/b28-14-. The summed E-state index contributed by atoms with van der Waals surface area (Å²) in [7, 11) is 0. The molecule has 1 amide bonds. The maximum atomic E-state index is 12.0. The second kappa shape index (κ2) is 12.3. The average molecular weight is 561 g/mol. The third-order valence-electron chi connectivity index (χ3n) is 4.28. The Morgan fingerprint density at radius 3 is 2.31 bits per heavy atom. The zero-order valence-corrected chi connectivity index (χ0v) is 20.6. The molecule has 0 aromatic heterocycles. The van der Waals surface area contributed by atoms with Crippen LogP contribution in [0.2, 0.25) is 0 Å². The Bertz CT molecular complexity index is 1060. The van der Waals surface area contributed by atoms with Gasteiger partial charge in [-0.3, -0.25) is 4.79 Å². The van der Waals surface area contributed by atoms with Crippen LogP contribution in [0.25, 0.3) is 0 Å². The number of ether oxygens (including phenoxy) is 2. The van der Waals surface area contributed by atoms with E-state index >= 15 is 0 Å². The summed E-state index contributed by atoms with van der Waals surface area (Å²) in [6, 6.07) is 21.1. The van der Waals surface area contributed by atoms with E-state index in [9.17, 15) is 4.79 Å². The van der Waals surface area contributed by atoms with E-state index < -0.39 is 0 Å². The number of nitrogens with one attached hydrogen (secondary N) is 2. The molecule has 8 heteroatoms. The lowest BCUT2D eigenvalue weighted by molar-refractivity contribution is -0.119. The number of hydrogen-bond acceptors (Lipinski definition) is 5. The molecule has 0 atom stereocenters. The average Bonchev–Trinajstić information content (AvgIpc) is 2.79. The van der Waals surface area contributed by atoms with Gasteiger partial charge < -0.3 is 14.8 Å². The maximum Gasteiger partial charge on any atom is 0.259 e. The molecule has 0 bridgehead atoms. The number of amides is 1. The molecule has 2 N–H and O–H groups in total. The van der Waals surface area contributed by atoms with Crippen molar-refractivity contribution in [1.82, 2.24) is 5.43 Å². The Morgan fingerprint density at radius 1 is 0.938 bits per heavy atom. The first kappa shape index (κ1) is 23.8. The number of carbonyl (C=O) groups excluding carboxylic acids is 1. The summed E-state index contributed by atoms with van der Waals surface area (Å²) in [4.78, 5) is 12.0. The molecule has 6 nitrogen and oxygen atoms in total. The molecule has 0 radical (unpaired) electrons. The van der Waals surface area contributed by atoms with Gasteiger partial charge in [-0.05, 0) is 72.6 Å². The van der Waals surface area contributed by atoms with Gasteiger partial charge in [-0.1, -0.05) is 44.0 Å². The fourth-order valence-corrected chi connectivity index (χ4v) is 3.23. The molecule has 0 unspecified atom stereocenters. The molecule has 0 saturated carbocycles. The highest BCUT2D eigenvalue weighted by molar-refractivity contribution is 9.10. The molecule has 0 heterocycles. The molecular weight excluding hydrogens is 538 g/mol. The predicted molar refractivity (Wildman–Crippen MR) is 134 cm³/mol. The number of hydrazone groups is 1. The van der Waals surface area contributed by atoms with Crippen molar-refractivity contribution in [1.29, 1.82) is 0 Å².